The van der Waals surface area contributed by atoms with E-state index in [1.54, 1.807) is 47.4 Å². The Hall–Kier alpha value is -2.69. The number of halogens is 1. The van der Waals surface area contributed by atoms with Crippen molar-refractivity contribution in [2.24, 2.45) is 0 Å². The van der Waals surface area contributed by atoms with Crippen LogP contribution in [0.1, 0.15) is 28.8 Å². The number of carbonyl (C=O) groups is 2. The second-order valence-corrected chi connectivity index (χ2v) is 5.33. The average Bonchev–Trinajstić information content (AvgIpc) is 3.00. The third-order valence-corrected chi connectivity index (χ3v) is 3.80. The molecule has 0 aromatic heterocycles. The predicted molar refractivity (Wildman–Crippen MR) is 83.5 cm³/mol. The van der Waals surface area contributed by atoms with Gasteiger partial charge in [0.2, 0.25) is 5.91 Å². The van der Waals surface area contributed by atoms with E-state index in [4.69, 9.17) is 4.74 Å². The highest BCUT2D eigenvalue weighted by Crippen LogP contribution is 2.26. The maximum absolute atomic E-state index is 13.6. The minimum atomic E-state index is -0.566. The molecule has 4 nitrogen and oxygen atoms in total. The van der Waals surface area contributed by atoms with Gasteiger partial charge in [-0.1, -0.05) is 30.3 Å². The summed E-state index contributed by atoms with van der Waals surface area (Å²) in [5.74, 6) is -0.980. The molecule has 1 aliphatic heterocycles. The molecule has 1 amide bonds. The second kappa shape index (κ2) is 6.60. The van der Waals surface area contributed by atoms with Crippen LogP contribution >= 0.6 is 0 Å². The van der Waals surface area contributed by atoms with E-state index in [2.05, 4.69) is 0 Å². The van der Waals surface area contributed by atoms with Gasteiger partial charge in [-0.15, -0.1) is 0 Å². The van der Waals surface area contributed by atoms with E-state index < -0.39 is 11.8 Å². The first-order chi connectivity index (χ1) is 11.2. The van der Waals surface area contributed by atoms with Gasteiger partial charge >= 0.3 is 5.97 Å². The standard InChI is InChI=1S/C18H16FNO3/c19-15-8-3-1-6-13(15)12-23-18(22)14-7-2-4-9-16(14)20-11-5-10-17(20)21/h1-4,6-9H,5,10-12H2. The number of ether oxygens (including phenoxy) is 1. The van der Waals surface area contributed by atoms with E-state index in [1.165, 1.54) is 6.07 Å². The summed E-state index contributed by atoms with van der Waals surface area (Å²) in [6, 6.07) is 13.0. The number of carbonyl (C=O) groups excluding carboxylic acids is 2. The number of para-hydroxylation sites is 1. The number of hydrogen-bond acceptors (Lipinski definition) is 3. The second-order valence-electron chi connectivity index (χ2n) is 5.33. The molecular formula is C18H16FNO3. The van der Waals surface area contributed by atoms with Crippen molar-refractivity contribution in [1.82, 2.24) is 0 Å². The topological polar surface area (TPSA) is 46.6 Å². The van der Waals surface area contributed by atoms with Gasteiger partial charge in [-0.3, -0.25) is 4.79 Å². The van der Waals surface area contributed by atoms with Gasteiger partial charge in [0.15, 0.2) is 0 Å². The number of amides is 1. The Balaban J connectivity index is 1.78. The normalized spacial score (nSPS) is 14.1. The summed E-state index contributed by atoms with van der Waals surface area (Å²) in [6.45, 7) is 0.449. The molecule has 2 aromatic rings. The van der Waals surface area contributed by atoms with E-state index in [1.807, 2.05) is 0 Å². The number of hydrogen-bond donors (Lipinski definition) is 0. The Kier molecular flexibility index (Phi) is 4.37. The number of benzene rings is 2. The van der Waals surface area contributed by atoms with Crippen LogP contribution in [-0.4, -0.2) is 18.4 Å². The molecular weight excluding hydrogens is 297 g/mol. The van der Waals surface area contributed by atoms with Crippen molar-refractivity contribution in [1.29, 1.82) is 0 Å². The average molecular weight is 313 g/mol. The summed E-state index contributed by atoms with van der Waals surface area (Å²) < 4.78 is 18.8. The Morgan fingerprint density at radius 3 is 2.61 bits per heavy atom. The molecule has 0 radical (unpaired) electrons. The summed E-state index contributed by atoms with van der Waals surface area (Å²) in [7, 11) is 0. The zero-order valence-electron chi connectivity index (χ0n) is 12.5. The Labute approximate surface area is 133 Å². The van der Waals surface area contributed by atoms with Crippen LogP contribution in [0.2, 0.25) is 0 Å². The van der Waals surface area contributed by atoms with Crippen molar-refractivity contribution in [2.45, 2.75) is 19.4 Å². The van der Waals surface area contributed by atoms with Crippen LogP contribution < -0.4 is 4.90 Å². The molecule has 118 valence electrons. The predicted octanol–water partition coefficient (Wildman–Crippen LogP) is 3.31. The van der Waals surface area contributed by atoms with Crippen molar-refractivity contribution >= 4 is 17.6 Å². The third kappa shape index (κ3) is 3.23. The van der Waals surface area contributed by atoms with Crippen LogP contribution in [-0.2, 0) is 16.1 Å². The number of anilines is 1. The molecule has 1 fully saturated rings. The zero-order valence-corrected chi connectivity index (χ0v) is 12.5. The van der Waals surface area contributed by atoms with Gasteiger partial charge in [0, 0.05) is 18.5 Å². The summed E-state index contributed by atoms with van der Waals surface area (Å²) in [6.07, 6.45) is 1.26. The van der Waals surface area contributed by atoms with E-state index in [0.717, 1.165) is 6.42 Å². The van der Waals surface area contributed by atoms with E-state index in [0.29, 0.717) is 29.8 Å². The fraction of sp³-hybridized carbons (Fsp3) is 0.222. The lowest BCUT2D eigenvalue weighted by molar-refractivity contribution is -0.117. The maximum atomic E-state index is 13.6. The first kappa shape index (κ1) is 15.2. The van der Waals surface area contributed by atoms with Crippen molar-refractivity contribution < 1.29 is 18.7 Å². The highest BCUT2D eigenvalue weighted by Gasteiger charge is 2.26. The highest BCUT2D eigenvalue weighted by molar-refractivity contribution is 6.03. The minimum absolute atomic E-state index is 0.000598. The summed E-state index contributed by atoms with van der Waals surface area (Å²) in [4.78, 5) is 25.8. The van der Waals surface area contributed by atoms with Gasteiger partial charge in [0.25, 0.3) is 0 Å². The number of nitrogens with zero attached hydrogens (tertiary/aromatic N) is 1. The largest absolute Gasteiger partial charge is 0.457 e. The summed E-state index contributed by atoms with van der Waals surface area (Å²) in [5, 5.41) is 0. The molecule has 1 aliphatic rings. The molecule has 0 aliphatic carbocycles. The molecule has 2 aromatic carbocycles. The van der Waals surface area contributed by atoms with Gasteiger partial charge in [0.1, 0.15) is 12.4 Å². The monoisotopic (exact) mass is 313 g/mol. The molecule has 3 rings (SSSR count). The van der Waals surface area contributed by atoms with Crippen LogP contribution in [0.25, 0.3) is 0 Å². The summed E-state index contributed by atoms with van der Waals surface area (Å²) >= 11 is 0. The summed E-state index contributed by atoms with van der Waals surface area (Å²) in [5.41, 5.74) is 1.18. The Bertz CT molecular complexity index is 745. The van der Waals surface area contributed by atoms with Crippen molar-refractivity contribution in [3.8, 4) is 0 Å². The first-order valence-corrected chi connectivity index (χ1v) is 7.47. The number of rotatable bonds is 4. The van der Waals surface area contributed by atoms with Crippen molar-refractivity contribution in [2.75, 3.05) is 11.4 Å². The van der Waals surface area contributed by atoms with Gasteiger partial charge in [-0.05, 0) is 24.6 Å². The third-order valence-electron chi connectivity index (χ3n) is 3.80. The lowest BCUT2D eigenvalue weighted by atomic mass is 10.1. The first-order valence-electron chi connectivity index (χ1n) is 7.47. The lowest BCUT2D eigenvalue weighted by Gasteiger charge is -2.18. The fourth-order valence-corrected chi connectivity index (χ4v) is 2.62. The molecule has 0 spiro atoms. The minimum Gasteiger partial charge on any atom is -0.457 e. The maximum Gasteiger partial charge on any atom is 0.340 e. The van der Waals surface area contributed by atoms with Gasteiger partial charge in [0.05, 0.1) is 11.3 Å². The van der Waals surface area contributed by atoms with Crippen LogP contribution in [0, 0.1) is 5.82 Å². The van der Waals surface area contributed by atoms with Gasteiger partial charge in [-0.2, -0.15) is 0 Å². The van der Waals surface area contributed by atoms with Crippen LogP contribution in [0.3, 0.4) is 0 Å². The SMILES string of the molecule is O=C(OCc1ccccc1F)c1ccccc1N1CCCC1=O. The van der Waals surface area contributed by atoms with Crippen LogP contribution in [0.4, 0.5) is 10.1 Å². The van der Waals surface area contributed by atoms with Crippen LogP contribution in [0.5, 0.6) is 0 Å². The highest BCUT2D eigenvalue weighted by atomic mass is 19.1. The fourth-order valence-electron chi connectivity index (χ4n) is 2.62. The molecule has 0 N–H and O–H groups in total. The molecule has 0 unspecified atom stereocenters. The lowest BCUT2D eigenvalue weighted by Crippen LogP contribution is -2.26. The molecule has 5 heteroatoms. The molecule has 23 heavy (non-hydrogen) atoms. The molecule has 0 bridgehead atoms. The van der Waals surface area contributed by atoms with Crippen molar-refractivity contribution in [3.05, 3.63) is 65.5 Å². The molecule has 1 heterocycles. The van der Waals surface area contributed by atoms with Crippen LogP contribution in [0.15, 0.2) is 48.5 Å². The Morgan fingerprint density at radius 2 is 1.87 bits per heavy atom. The molecule has 0 atom stereocenters. The van der Waals surface area contributed by atoms with Gasteiger partial charge < -0.3 is 9.64 Å². The molecule has 1 saturated heterocycles. The van der Waals surface area contributed by atoms with E-state index >= 15 is 0 Å². The van der Waals surface area contributed by atoms with Crippen molar-refractivity contribution in [3.63, 3.8) is 0 Å². The van der Waals surface area contributed by atoms with Gasteiger partial charge in [-0.25, -0.2) is 9.18 Å². The van der Waals surface area contributed by atoms with E-state index in [9.17, 15) is 14.0 Å². The zero-order chi connectivity index (χ0) is 16.2. The smallest absolute Gasteiger partial charge is 0.340 e. The number of esters is 1. The molecule has 0 saturated carbocycles. The quantitative estimate of drug-likeness (QED) is 0.814. The Morgan fingerprint density at radius 1 is 1.13 bits per heavy atom. The van der Waals surface area contributed by atoms with E-state index in [-0.39, 0.29) is 12.5 Å².